The van der Waals surface area contributed by atoms with Crippen molar-refractivity contribution < 1.29 is 4.92 Å². The minimum atomic E-state index is -0.358. The lowest BCUT2D eigenvalue weighted by molar-refractivity contribution is -0.384. The van der Waals surface area contributed by atoms with Crippen molar-refractivity contribution in [2.75, 3.05) is 23.8 Å². The van der Waals surface area contributed by atoms with Gasteiger partial charge in [-0.25, -0.2) is 0 Å². The number of hydrogen-bond donors (Lipinski definition) is 1. The van der Waals surface area contributed by atoms with Gasteiger partial charge >= 0.3 is 0 Å². The molecule has 0 saturated heterocycles. The Kier molecular flexibility index (Phi) is 4.57. The maximum atomic E-state index is 11.0. The van der Waals surface area contributed by atoms with E-state index in [0.29, 0.717) is 0 Å². The molecule has 1 aromatic carbocycles. The third kappa shape index (κ3) is 3.48. The molecule has 106 valence electrons. The van der Waals surface area contributed by atoms with E-state index < -0.39 is 0 Å². The van der Waals surface area contributed by atoms with Crippen LogP contribution in [-0.2, 0) is 6.54 Å². The molecule has 0 fully saturated rings. The molecule has 1 heterocycles. The molecule has 0 unspecified atom stereocenters. The average molecular weight is 291 g/mol. The van der Waals surface area contributed by atoms with Gasteiger partial charge in [-0.15, -0.1) is 11.3 Å². The Morgan fingerprint density at radius 2 is 2.20 bits per heavy atom. The number of nitrogens with one attached hydrogen (secondary N) is 1. The van der Waals surface area contributed by atoms with Crippen molar-refractivity contribution in [1.29, 1.82) is 0 Å². The van der Waals surface area contributed by atoms with E-state index >= 15 is 0 Å². The molecule has 0 atom stereocenters. The first-order chi connectivity index (χ1) is 9.60. The standard InChI is InChI=1S/C14H17N3O2S/c1-3-15-11-7-12(9-13(8-11)17(18)19)16(2)10-14-5-4-6-20-14/h4-9,15H,3,10H2,1-2H3. The van der Waals surface area contributed by atoms with E-state index in [0.717, 1.165) is 24.5 Å². The van der Waals surface area contributed by atoms with Crippen LogP contribution in [0.4, 0.5) is 17.1 Å². The molecule has 0 aliphatic rings. The predicted molar refractivity (Wildman–Crippen MR) is 83.7 cm³/mol. The van der Waals surface area contributed by atoms with Crippen LogP contribution < -0.4 is 10.2 Å². The summed E-state index contributed by atoms with van der Waals surface area (Å²) >= 11 is 1.68. The molecule has 0 aliphatic carbocycles. The summed E-state index contributed by atoms with van der Waals surface area (Å²) in [4.78, 5) is 13.9. The largest absolute Gasteiger partial charge is 0.385 e. The fourth-order valence-electron chi connectivity index (χ4n) is 1.95. The Labute approximate surface area is 122 Å². The molecule has 5 nitrogen and oxygen atoms in total. The van der Waals surface area contributed by atoms with Crippen molar-refractivity contribution in [3.05, 3.63) is 50.7 Å². The minimum Gasteiger partial charge on any atom is -0.385 e. The summed E-state index contributed by atoms with van der Waals surface area (Å²) in [5, 5.41) is 16.2. The van der Waals surface area contributed by atoms with Gasteiger partial charge in [-0.1, -0.05) is 6.07 Å². The number of thiophene rings is 1. The third-order valence-corrected chi connectivity index (χ3v) is 3.77. The molecule has 1 N–H and O–H groups in total. The van der Waals surface area contributed by atoms with Crippen molar-refractivity contribution in [2.24, 2.45) is 0 Å². The van der Waals surface area contributed by atoms with E-state index in [2.05, 4.69) is 11.4 Å². The first-order valence-corrected chi connectivity index (χ1v) is 7.25. The fraction of sp³-hybridized carbons (Fsp3) is 0.286. The zero-order valence-corrected chi connectivity index (χ0v) is 12.3. The first kappa shape index (κ1) is 14.3. The lowest BCUT2D eigenvalue weighted by Gasteiger charge is -2.19. The summed E-state index contributed by atoms with van der Waals surface area (Å²) in [5.74, 6) is 0. The molecule has 0 saturated carbocycles. The van der Waals surface area contributed by atoms with Crippen LogP contribution in [0.2, 0.25) is 0 Å². The van der Waals surface area contributed by atoms with E-state index in [1.165, 1.54) is 4.88 Å². The summed E-state index contributed by atoms with van der Waals surface area (Å²) in [6.07, 6.45) is 0. The second-order valence-corrected chi connectivity index (χ2v) is 5.49. The number of nitrogens with zero attached hydrogens (tertiary/aromatic N) is 2. The molecule has 2 aromatic rings. The highest BCUT2D eigenvalue weighted by molar-refractivity contribution is 7.09. The number of anilines is 2. The van der Waals surface area contributed by atoms with Gasteiger partial charge in [0.2, 0.25) is 0 Å². The second-order valence-electron chi connectivity index (χ2n) is 4.46. The summed E-state index contributed by atoms with van der Waals surface area (Å²) in [6, 6.07) is 9.17. The van der Waals surface area contributed by atoms with Crippen molar-refractivity contribution in [3.63, 3.8) is 0 Å². The van der Waals surface area contributed by atoms with Gasteiger partial charge in [0.25, 0.3) is 5.69 Å². The maximum absolute atomic E-state index is 11.0. The molecule has 0 aliphatic heterocycles. The highest BCUT2D eigenvalue weighted by Gasteiger charge is 2.12. The second kappa shape index (κ2) is 6.38. The number of hydrogen-bond acceptors (Lipinski definition) is 5. The minimum absolute atomic E-state index is 0.108. The Hall–Kier alpha value is -2.08. The Balaban J connectivity index is 2.26. The smallest absolute Gasteiger partial charge is 0.273 e. The quantitative estimate of drug-likeness (QED) is 0.651. The Bertz CT molecular complexity index is 584. The summed E-state index contributed by atoms with van der Waals surface area (Å²) in [5.41, 5.74) is 1.72. The van der Waals surface area contributed by atoms with Crippen LogP contribution in [0.25, 0.3) is 0 Å². The van der Waals surface area contributed by atoms with Crippen LogP contribution in [0.1, 0.15) is 11.8 Å². The van der Waals surface area contributed by atoms with Crippen molar-refractivity contribution in [3.8, 4) is 0 Å². The lowest BCUT2D eigenvalue weighted by Crippen LogP contribution is -2.16. The van der Waals surface area contributed by atoms with E-state index in [1.54, 1.807) is 23.5 Å². The number of nitro benzene ring substituents is 1. The van der Waals surface area contributed by atoms with Crippen LogP contribution in [-0.4, -0.2) is 18.5 Å². The van der Waals surface area contributed by atoms with E-state index in [-0.39, 0.29) is 10.6 Å². The molecule has 0 spiro atoms. The zero-order chi connectivity index (χ0) is 14.5. The van der Waals surface area contributed by atoms with Crippen LogP contribution in [0, 0.1) is 10.1 Å². The van der Waals surface area contributed by atoms with Crippen LogP contribution in [0.5, 0.6) is 0 Å². The predicted octanol–water partition coefficient (Wildman–Crippen LogP) is 3.72. The van der Waals surface area contributed by atoms with Gasteiger partial charge in [0, 0.05) is 42.0 Å². The van der Waals surface area contributed by atoms with Crippen LogP contribution >= 0.6 is 11.3 Å². The van der Waals surface area contributed by atoms with E-state index in [4.69, 9.17) is 0 Å². The number of non-ortho nitro benzene ring substituents is 1. The molecule has 0 radical (unpaired) electrons. The Morgan fingerprint density at radius 3 is 2.80 bits per heavy atom. The summed E-state index contributed by atoms with van der Waals surface area (Å²) in [6.45, 7) is 3.44. The van der Waals surface area contributed by atoms with Gasteiger partial charge in [0.15, 0.2) is 0 Å². The third-order valence-electron chi connectivity index (χ3n) is 2.91. The van der Waals surface area contributed by atoms with Gasteiger partial charge in [-0.05, 0) is 24.4 Å². The highest BCUT2D eigenvalue weighted by Crippen LogP contribution is 2.27. The molecular weight excluding hydrogens is 274 g/mol. The number of rotatable bonds is 6. The maximum Gasteiger partial charge on any atom is 0.273 e. The number of nitro groups is 1. The van der Waals surface area contributed by atoms with Gasteiger partial charge in [-0.2, -0.15) is 0 Å². The molecular formula is C14H17N3O2S. The Morgan fingerprint density at radius 1 is 1.40 bits per heavy atom. The van der Waals surface area contributed by atoms with Gasteiger partial charge < -0.3 is 10.2 Å². The average Bonchev–Trinajstić information content (AvgIpc) is 2.91. The van der Waals surface area contributed by atoms with E-state index in [1.807, 2.05) is 36.4 Å². The van der Waals surface area contributed by atoms with Gasteiger partial charge in [-0.3, -0.25) is 10.1 Å². The first-order valence-electron chi connectivity index (χ1n) is 6.37. The van der Waals surface area contributed by atoms with Crippen molar-refractivity contribution in [2.45, 2.75) is 13.5 Å². The lowest BCUT2D eigenvalue weighted by atomic mass is 10.2. The topological polar surface area (TPSA) is 58.4 Å². The van der Waals surface area contributed by atoms with Gasteiger partial charge in [0.05, 0.1) is 11.5 Å². The molecule has 1 aromatic heterocycles. The van der Waals surface area contributed by atoms with E-state index in [9.17, 15) is 10.1 Å². The fourth-order valence-corrected chi connectivity index (χ4v) is 2.71. The summed E-state index contributed by atoms with van der Waals surface area (Å²) in [7, 11) is 1.94. The zero-order valence-electron chi connectivity index (χ0n) is 11.5. The number of benzene rings is 1. The molecule has 20 heavy (non-hydrogen) atoms. The monoisotopic (exact) mass is 291 g/mol. The molecule has 0 bridgehead atoms. The van der Waals surface area contributed by atoms with Crippen LogP contribution in [0.3, 0.4) is 0 Å². The normalized spacial score (nSPS) is 10.3. The van der Waals surface area contributed by atoms with Crippen molar-refractivity contribution in [1.82, 2.24) is 0 Å². The SMILES string of the molecule is CCNc1cc(N(C)Cc2cccs2)cc([N+](=O)[O-])c1. The molecule has 2 rings (SSSR count). The van der Waals surface area contributed by atoms with Crippen molar-refractivity contribution >= 4 is 28.4 Å². The molecule has 6 heteroatoms. The highest BCUT2D eigenvalue weighted by atomic mass is 32.1. The van der Waals surface area contributed by atoms with Crippen LogP contribution in [0.15, 0.2) is 35.7 Å². The summed E-state index contributed by atoms with van der Waals surface area (Å²) < 4.78 is 0. The molecule has 0 amide bonds. The van der Waals surface area contributed by atoms with Gasteiger partial charge in [0.1, 0.15) is 0 Å².